The van der Waals surface area contributed by atoms with E-state index in [4.69, 9.17) is 4.98 Å². The first kappa shape index (κ1) is 10.7. The van der Waals surface area contributed by atoms with E-state index in [9.17, 15) is 0 Å². The lowest BCUT2D eigenvalue weighted by atomic mass is 10.0. The van der Waals surface area contributed by atoms with Crippen molar-refractivity contribution in [3.05, 3.63) is 23.8 Å². The monoisotopic (exact) mass is 270 g/mol. The minimum Gasteiger partial charge on any atom is -0.358 e. The highest BCUT2D eigenvalue weighted by Crippen LogP contribution is 2.66. The summed E-state index contributed by atoms with van der Waals surface area (Å²) < 4.78 is 1.32. The topological polar surface area (TPSA) is 24.9 Å². The highest BCUT2D eigenvalue weighted by molar-refractivity contribution is 7.22. The Balaban J connectivity index is 1.43. The fraction of sp³-hybridized carbons (Fsp3) is 0.562. The average molecular weight is 270 g/mol. The van der Waals surface area contributed by atoms with Crippen molar-refractivity contribution in [1.82, 2.24) is 4.98 Å². The molecule has 19 heavy (non-hydrogen) atoms. The number of thiazole rings is 1. The number of nitrogens with one attached hydrogen (secondary N) is 1. The lowest BCUT2D eigenvalue weighted by Gasteiger charge is -2.08. The van der Waals surface area contributed by atoms with Crippen LogP contribution in [0.25, 0.3) is 10.2 Å². The van der Waals surface area contributed by atoms with Crippen LogP contribution >= 0.6 is 11.3 Å². The minimum absolute atomic E-state index is 0.743. The summed E-state index contributed by atoms with van der Waals surface area (Å²) in [4.78, 5) is 4.80. The molecular formula is C16H18N2S. The second-order valence-corrected chi connectivity index (χ2v) is 7.63. The Kier molecular flexibility index (Phi) is 1.97. The summed E-state index contributed by atoms with van der Waals surface area (Å²) in [6.07, 6.45) is 4.50. The van der Waals surface area contributed by atoms with Crippen LogP contribution < -0.4 is 5.32 Å². The Hall–Kier alpha value is -1.09. The molecule has 3 aliphatic carbocycles. The first-order valence-electron chi connectivity index (χ1n) is 7.44. The van der Waals surface area contributed by atoms with Crippen molar-refractivity contribution in [2.45, 2.75) is 32.2 Å². The maximum atomic E-state index is 4.80. The Bertz CT molecular complexity index is 646. The van der Waals surface area contributed by atoms with Gasteiger partial charge in [-0.1, -0.05) is 23.5 Å². The Labute approximate surface area is 117 Å². The van der Waals surface area contributed by atoms with Gasteiger partial charge in [0.25, 0.3) is 0 Å². The fourth-order valence-corrected chi connectivity index (χ4v) is 5.80. The lowest BCUT2D eigenvalue weighted by Crippen LogP contribution is -2.12. The molecule has 0 saturated heterocycles. The van der Waals surface area contributed by atoms with E-state index >= 15 is 0 Å². The van der Waals surface area contributed by atoms with Crippen LogP contribution in [0, 0.1) is 30.6 Å². The van der Waals surface area contributed by atoms with E-state index in [1.807, 2.05) is 11.3 Å². The zero-order chi connectivity index (χ0) is 12.6. The molecule has 98 valence electrons. The highest BCUT2D eigenvalue weighted by Gasteiger charge is 2.65. The molecule has 5 rings (SSSR count). The number of aryl methyl sites for hydroxylation is 1. The van der Waals surface area contributed by atoms with Crippen LogP contribution in [-0.4, -0.2) is 11.0 Å². The van der Waals surface area contributed by atoms with E-state index < -0.39 is 0 Å². The van der Waals surface area contributed by atoms with Gasteiger partial charge in [0.1, 0.15) is 0 Å². The first-order valence-corrected chi connectivity index (χ1v) is 8.25. The van der Waals surface area contributed by atoms with Crippen LogP contribution in [0.5, 0.6) is 0 Å². The van der Waals surface area contributed by atoms with Crippen molar-refractivity contribution in [3.63, 3.8) is 0 Å². The number of nitrogens with zero attached hydrogens (tertiary/aromatic N) is 1. The molecule has 0 aliphatic heterocycles. The van der Waals surface area contributed by atoms with Gasteiger partial charge in [0, 0.05) is 6.04 Å². The van der Waals surface area contributed by atoms with Gasteiger partial charge in [0.2, 0.25) is 0 Å². The number of hydrogen-bond donors (Lipinski definition) is 1. The third-order valence-electron chi connectivity index (χ3n) is 5.65. The van der Waals surface area contributed by atoms with Gasteiger partial charge in [-0.05, 0) is 61.5 Å². The van der Waals surface area contributed by atoms with Gasteiger partial charge in [-0.15, -0.1) is 0 Å². The fourth-order valence-electron chi connectivity index (χ4n) is 4.81. The van der Waals surface area contributed by atoms with Crippen LogP contribution in [0.15, 0.2) is 18.2 Å². The molecule has 2 aromatic rings. The second-order valence-electron chi connectivity index (χ2n) is 6.60. The molecule has 3 fully saturated rings. The molecule has 3 aliphatic rings. The van der Waals surface area contributed by atoms with E-state index in [-0.39, 0.29) is 0 Å². The molecule has 1 heterocycles. The second kappa shape index (κ2) is 3.51. The third kappa shape index (κ3) is 1.40. The number of anilines is 1. The van der Waals surface area contributed by atoms with Crippen molar-refractivity contribution < 1.29 is 0 Å². The number of aromatic nitrogens is 1. The molecule has 0 radical (unpaired) electrons. The van der Waals surface area contributed by atoms with Crippen molar-refractivity contribution in [2.75, 3.05) is 5.32 Å². The standard InChI is InChI=1S/C16H18N2S/c1-8-3-2-4-11-14(8)17-16(19-11)18-15-12-9-5-6-10(7-9)13(12)15/h2-4,9-10,12-13,15H,5-7H2,1H3,(H,17,18). The number of hydrogen-bond acceptors (Lipinski definition) is 3. The molecule has 2 bridgehead atoms. The van der Waals surface area contributed by atoms with E-state index in [0.717, 1.165) is 34.8 Å². The summed E-state index contributed by atoms with van der Waals surface area (Å²) >= 11 is 1.82. The minimum atomic E-state index is 0.743. The normalized spacial score (nSPS) is 38.7. The molecular weight excluding hydrogens is 252 g/mol. The zero-order valence-corrected chi connectivity index (χ0v) is 11.9. The molecule has 4 unspecified atom stereocenters. The smallest absolute Gasteiger partial charge is 0.184 e. The molecule has 3 heteroatoms. The Morgan fingerprint density at radius 3 is 2.74 bits per heavy atom. The van der Waals surface area contributed by atoms with E-state index in [1.54, 1.807) is 0 Å². The third-order valence-corrected chi connectivity index (χ3v) is 6.60. The predicted octanol–water partition coefficient (Wildman–Crippen LogP) is 4.06. The Morgan fingerprint density at radius 2 is 2.00 bits per heavy atom. The van der Waals surface area contributed by atoms with Crippen LogP contribution in [0.1, 0.15) is 24.8 Å². The Morgan fingerprint density at radius 1 is 1.21 bits per heavy atom. The molecule has 2 nitrogen and oxygen atoms in total. The first-order chi connectivity index (χ1) is 9.31. The van der Waals surface area contributed by atoms with Crippen molar-refractivity contribution in [1.29, 1.82) is 0 Å². The van der Waals surface area contributed by atoms with E-state index in [2.05, 4.69) is 30.4 Å². The largest absolute Gasteiger partial charge is 0.358 e. The van der Waals surface area contributed by atoms with Crippen LogP contribution in [0.3, 0.4) is 0 Å². The summed E-state index contributed by atoms with van der Waals surface area (Å²) in [6.45, 7) is 2.15. The molecule has 0 spiro atoms. The van der Waals surface area contributed by atoms with Crippen LogP contribution in [-0.2, 0) is 0 Å². The summed E-state index contributed by atoms with van der Waals surface area (Å²) in [6, 6.07) is 7.21. The van der Waals surface area contributed by atoms with Crippen molar-refractivity contribution in [2.24, 2.45) is 23.7 Å². The summed E-state index contributed by atoms with van der Waals surface area (Å²) in [7, 11) is 0. The molecule has 1 aromatic carbocycles. The van der Waals surface area contributed by atoms with E-state index in [0.29, 0.717) is 0 Å². The molecule has 1 aromatic heterocycles. The molecule has 0 amide bonds. The summed E-state index contributed by atoms with van der Waals surface area (Å²) in [5.74, 6) is 4.02. The predicted molar refractivity (Wildman–Crippen MR) is 79.6 cm³/mol. The summed E-state index contributed by atoms with van der Waals surface area (Å²) in [5, 5.41) is 4.88. The van der Waals surface area contributed by atoms with E-state index in [1.165, 1.54) is 35.0 Å². The van der Waals surface area contributed by atoms with Gasteiger partial charge in [0.15, 0.2) is 5.13 Å². The SMILES string of the molecule is Cc1cccc2sc(NC3C4C5CCC(C5)C34)nc12. The zero-order valence-electron chi connectivity index (χ0n) is 11.1. The van der Waals surface area contributed by atoms with Crippen molar-refractivity contribution in [3.8, 4) is 0 Å². The maximum absolute atomic E-state index is 4.80. The quantitative estimate of drug-likeness (QED) is 0.890. The highest BCUT2D eigenvalue weighted by atomic mass is 32.1. The molecule has 4 atom stereocenters. The van der Waals surface area contributed by atoms with Crippen molar-refractivity contribution >= 4 is 26.7 Å². The van der Waals surface area contributed by atoms with Gasteiger partial charge < -0.3 is 5.32 Å². The van der Waals surface area contributed by atoms with Gasteiger partial charge in [-0.3, -0.25) is 0 Å². The van der Waals surface area contributed by atoms with Gasteiger partial charge >= 0.3 is 0 Å². The maximum Gasteiger partial charge on any atom is 0.184 e. The van der Waals surface area contributed by atoms with Gasteiger partial charge in [0.05, 0.1) is 10.2 Å². The summed E-state index contributed by atoms with van der Waals surface area (Å²) in [5.41, 5.74) is 2.47. The number of para-hydroxylation sites is 1. The lowest BCUT2D eigenvalue weighted by molar-refractivity contribution is 0.456. The average Bonchev–Trinajstić information content (AvgIpc) is 2.81. The van der Waals surface area contributed by atoms with Gasteiger partial charge in [-0.25, -0.2) is 4.98 Å². The number of fused-ring (bicyclic) bond motifs is 6. The molecule has 3 saturated carbocycles. The molecule has 1 N–H and O–H groups in total. The number of benzene rings is 1. The van der Waals surface area contributed by atoms with Crippen LogP contribution in [0.2, 0.25) is 0 Å². The van der Waals surface area contributed by atoms with Gasteiger partial charge in [-0.2, -0.15) is 0 Å². The number of rotatable bonds is 2. The van der Waals surface area contributed by atoms with Crippen LogP contribution in [0.4, 0.5) is 5.13 Å².